The Morgan fingerprint density at radius 1 is 1.21 bits per heavy atom. The molecule has 3 N–H and O–H groups in total. The molecule has 0 aliphatic carbocycles. The van der Waals surface area contributed by atoms with E-state index in [0.717, 1.165) is 33.8 Å². The van der Waals surface area contributed by atoms with E-state index in [4.69, 9.17) is 4.98 Å². The third-order valence-corrected chi connectivity index (χ3v) is 5.79. The fourth-order valence-electron chi connectivity index (χ4n) is 3.41. The van der Waals surface area contributed by atoms with Gasteiger partial charge in [-0.2, -0.15) is 18.2 Å². The van der Waals surface area contributed by atoms with Gasteiger partial charge >= 0.3 is 6.18 Å². The van der Waals surface area contributed by atoms with Crippen LogP contribution in [-0.4, -0.2) is 46.3 Å². The Morgan fingerprint density at radius 2 is 2.00 bits per heavy atom. The summed E-state index contributed by atoms with van der Waals surface area (Å²) in [5, 5.41) is 9.78. The number of aryl methyl sites for hydroxylation is 1. The molecule has 0 bridgehead atoms. The molecule has 2 atom stereocenters. The predicted molar refractivity (Wildman–Crippen MR) is 109 cm³/mol. The molecule has 29 heavy (non-hydrogen) atoms. The number of benzene rings is 1. The van der Waals surface area contributed by atoms with Crippen LogP contribution in [-0.2, 0) is 0 Å². The molecule has 1 aliphatic heterocycles. The number of fused-ring (bicyclic) bond motifs is 1. The predicted octanol–water partition coefficient (Wildman–Crippen LogP) is 4.20. The van der Waals surface area contributed by atoms with Crippen LogP contribution >= 0.6 is 11.3 Å². The highest BCUT2D eigenvalue weighted by atomic mass is 32.1. The van der Waals surface area contributed by atoms with Gasteiger partial charge in [-0.25, -0.2) is 9.97 Å². The molecule has 2 aromatic heterocycles. The monoisotopic (exact) mass is 422 g/mol. The molecule has 1 saturated heterocycles. The Hall–Kier alpha value is -2.46. The molecule has 0 spiro atoms. The van der Waals surface area contributed by atoms with Gasteiger partial charge in [-0.3, -0.25) is 0 Å². The number of anilines is 2. The van der Waals surface area contributed by atoms with Crippen molar-refractivity contribution >= 4 is 33.3 Å². The number of nitrogens with zero attached hydrogens (tertiary/aromatic N) is 3. The van der Waals surface area contributed by atoms with Crippen molar-refractivity contribution in [3.05, 3.63) is 30.0 Å². The van der Waals surface area contributed by atoms with E-state index in [1.165, 1.54) is 11.3 Å². The van der Waals surface area contributed by atoms with Crippen molar-refractivity contribution in [3.8, 4) is 10.6 Å². The Morgan fingerprint density at radius 3 is 2.69 bits per heavy atom. The molecule has 1 aromatic carbocycles. The molecular weight excluding hydrogens is 401 g/mol. The SMILES string of the molecule is Cc1nc(NCC(F)(F)F)nc(NC2CNC(C)C2)c1-c1nc2ccccc2s1. The zero-order valence-corrected chi connectivity index (χ0v) is 16.8. The van der Waals surface area contributed by atoms with Crippen molar-refractivity contribution in [2.45, 2.75) is 38.5 Å². The van der Waals surface area contributed by atoms with Crippen LogP contribution in [0.25, 0.3) is 20.8 Å². The largest absolute Gasteiger partial charge is 0.405 e. The molecule has 2 unspecified atom stereocenters. The number of aromatic nitrogens is 3. The second-order valence-corrected chi connectivity index (χ2v) is 8.23. The summed E-state index contributed by atoms with van der Waals surface area (Å²) in [7, 11) is 0. The molecule has 0 amide bonds. The first-order valence-electron chi connectivity index (χ1n) is 9.33. The van der Waals surface area contributed by atoms with Crippen molar-refractivity contribution in [1.29, 1.82) is 0 Å². The maximum absolute atomic E-state index is 12.6. The van der Waals surface area contributed by atoms with Crippen LogP contribution in [0.15, 0.2) is 24.3 Å². The van der Waals surface area contributed by atoms with E-state index < -0.39 is 12.7 Å². The number of para-hydroxylation sites is 1. The van der Waals surface area contributed by atoms with Gasteiger partial charge in [-0.15, -0.1) is 11.3 Å². The summed E-state index contributed by atoms with van der Waals surface area (Å²) < 4.78 is 38.9. The van der Waals surface area contributed by atoms with Crippen LogP contribution in [0, 0.1) is 6.92 Å². The van der Waals surface area contributed by atoms with E-state index in [2.05, 4.69) is 32.8 Å². The highest BCUT2D eigenvalue weighted by molar-refractivity contribution is 7.21. The van der Waals surface area contributed by atoms with Gasteiger partial charge in [0.25, 0.3) is 0 Å². The van der Waals surface area contributed by atoms with Gasteiger partial charge in [0.2, 0.25) is 5.95 Å². The molecule has 154 valence electrons. The van der Waals surface area contributed by atoms with E-state index in [0.29, 0.717) is 17.6 Å². The van der Waals surface area contributed by atoms with Crippen LogP contribution in [0.4, 0.5) is 24.9 Å². The number of hydrogen-bond donors (Lipinski definition) is 3. The fourth-order valence-corrected chi connectivity index (χ4v) is 4.47. The minimum absolute atomic E-state index is 0.0498. The summed E-state index contributed by atoms with van der Waals surface area (Å²) in [6, 6.07) is 8.28. The van der Waals surface area contributed by atoms with Gasteiger partial charge in [0.15, 0.2) is 0 Å². The van der Waals surface area contributed by atoms with Crippen molar-refractivity contribution in [1.82, 2.24) is 20.3 Å². The van der Waals surface area contributed by atoms with Crippen molar-refractivity contribution in [2.24, 2.45) is 0 Å². The first-order chi connectivity index (χ1) is 13.8. The third-order valence-electron chi connectivity index (χ3n) is 4.74. The normalized spacial score (nSPS) is 19.6. The third kappa shape index (κ3) is 4.59. The van der Waals surface area contributed by atoms with E-state index >= 15 is 0 Å². The van der Waals surface area contributed by atoms with E-state index in [1.807, 2.05) is 24.3 Å². The highest BCUT2D eigenvalue weighted by Gasteiger charge is 2.28. The molecule has 0 saturated carbocycles. The lowest BCUT2D eigenvalue weighted by atomic mass is 10.1. The molecule has 1 fully saturated rings. The topological polar surface area (TPSA) is 74.8 Å². The number of nitrogens with one attached hydrogen (secondary N) is 3. The fraction of sp³-hybridized carbons (Fsp3) is 0.421. The van der Waals surface area contributed by atoms with Gasteiger partial charge in [-0.1, -0.05) is 12.1 Å². The molecular formula is C19H21F3N6S. The summed E-state index contributed by atoms with van der Waals surface area (Å²) >= 11 is 1.51. The first kappa shape index (κ1) is 19.8. The lowest BCUT2D eigenvalue weighted by Gasteiger charge is -2.18. The van der Waals surface area contributed by atoms with E-state index in [-0.39, 0.29) is 12.0 Å². The molecule has 3 aromatic rings. The van der Waals surface area contributed by atoms with Crippen LogP contribution in [0.2, 0.25) is 0 Å². The summed E-state index contributed by atoms with van der Waals surface area (Å²) in [4.78, 5) is 13.3. The lowest BCUT2D eigenvalue weighted by molar-refractivity contribution is -0.115. The van der Waals surface area contributed by atoms with Gasteiger partial charge < -0.3 is 16.0 Å². The second-order valence-electron chi connectivity index (χ2n) is 7.20. The molecule has 6 nitrogen and oxygen atoms in total. The molecule has 3 heterocycles. The lowest BCUT2D eigenvalue weighted by Crippen LogP contribution is -2.25. The zero-order chi connectivity index (χ0) is 20.6. The summed E-state index contributed by atoms with van der Waals surface area (Å²) in [5.74, 6) is 0.452. The maximum atomic E-state index is 12.6. The Bertz CT molecular complexity index is 986. The molecule has 0 radical (unpaired) electrons. The number of alkyl halides is 3. The zero-order valence-electron chi connectivity index (χ0n) is 16.0. The average Bonchev–Trinajstić information content (AvgIpc) is 3.25. The standard InChI is InChI=1S/C19H21F3N6S/c1-10-7-12(8-23-10)26-16-15(17-27-13-5-3-4-6-14(13)29-17)11(2)25-18(28-16)24-9-19(20,21)22/h3-6,10,12,23H,7-9H2,1-2H3,(H2,24,25,26,28). The van der Waals surface area contributed by atoms with Crippen molar-refractivity contribution < 1.29 is 13.2 Å². The number of thiazole rings is 1. The minimum Gasteiger partial charge on any atom is -0.365 e. The van der Waals surface area contributed by atoms with Crippen LogP contribution in [0.5, 0.6) is 0 Å². The maximum Gasteiger partial charge on any atom is 0.405 e. The Balaban J connectivity index is 1.73. The van der Waals surface area contributed by atoms with E-state index in [9.17, 15) is 13.2 Å². The Kier molecular flexibility index (Phi) is 5.30. The van der Waals surface area contributed by atoms with Gasteiger partial charge in [0.05, 0.1) is 21.5 Å². The van der Waals surface area contributed by atoms with Gasteiger partial charge in [0, 0.05) is 18.6 Å². The van der Waals surface area contributed by atoms with Gasteiger partial charge in [0.1, 0.15) is 17.4 Å². The number of halogens is 3. The van der Waals surface area contributed by atoms with E-state index in [1.54, 1.807) is 6.92 Å². The number of rotatable bonds is 5. The quantitative estimate of drug-likeness (QED) is 0.572. The highest BCUT2D eigenvalue weighted by Crippen LogP contribution is 2.36. The van der Waals surface area contributed by atoms with Crippen molar-refractivity contribution in [2.75, 3.05) is 23.7 Å². The van der Waals surface area contributed by atoms with Gasteiger partial charge in [-0.05, 0) is 32.4 Å². The van der Waals surface area contributed by atoms with Crippen LogP contribution in [0.1, 0.15) is 19.0 Å². The minimum atomic E-state index is -4.35. The number of hydrogen-bond acceptors (Lipinski definition) is 7. The smallest absolute Gasteiger partial charge is 0.365 e. The molecule has 10 heteroatoms. The summed E-state index contributed by atoms with van der Waals surface area (Å²) in [6.07, 6.45) is -3.45. The second kappa shape index (κ2) is 7.75. The average molecular weight is 422 g/mol. The Labute approximate surface area is 170 Å². The summed E-state index contributed by atoms with van der Waals surface area (Å²) in [6.45, 7) is 3.43. The molecule has 4 rings (SSSR count). The summed E-state index contributed by atoms with van der Waals surface area (Å²) in [5.41, 5.74) is 2.17. The molecule has 1 aliphatic rings. The van der Waals surface area contributed by atoms with Crippen molar-refractivity contribution in [3.63, 3.8) is 0 Å². The van der Waals surface area contributed by atoms with Crippen LogP contribution in [0.3, 0.4) is 0 Å². The van der Waals surface area contributed by atoms with Crippen LogP contribution < -0.4 is 16.0 Å². The first-order valence-corrected chi connectivity index (χ1v) is 10.2.